The third-order valence-corrected chi connectivity index (χ3v) is 15.4. The maximum absolute atomic E-state index is 7.21. The smallest absolute Gasteiger partial charge is 0.143 e. The second-order valence-electron chi connectivity index (χ2n) is 19.6. The Morgan fingerprint density at radius 1 is 0.213 bits per heavy atom. The van der Waals surface area contributed by atoms with Gasteiger partial charge in [-0.3, -0.25) is 0 Å². The molecule has 0 N–H and O–H groups in total. The van der Waals surface area contributed by atoms with Crippen LogP contribution in [0.1, 0.15) is 0 Å². The minimum absolute atomic E-state index is 0.838. The van der Waals surface area contributed by atoms with Gasteiger partial charge in [-0.05, 0) is 160 Å². The van der Waals surface area contributed by atoms with E-state index in [9.17, 15) is 0 Å². The lowest BCUT2D eigenvalue weighted by atomic mass is 9.96. The van der Waals surface area contributed by atoms with Gasteiger partial charge in [-0.1, -0.05) is 194 Å². The van der Waals surface area contributed by atoms with Crippen molar-refractivity contribution in [1.82, 2.24) is 0 Å². The third-order valence-electron chi connectivity index (χ3n) is 15.4. The fraction of sp³-hybridized carbons (Fsp3) is 0. The zero-order chi connectivity index (χ0) is 49.4. The molecule has 3 heteroatoms. The summed E-state index contributed by atoms with van der Waals surface area (Å²) in [5, 5.41) is 16.6. The van der Waals surface area contributed by atoms with Gasteiger partial charge in [0.15, 0.2) is 0 Å². The molecule has 0 spiro atoms. The predicted molar refractivity (Wildman–Crippen MR) is 319 cm³/mol. The van der Waals surface area contributed by atoms with Crippen molar-refractivity contribution in [3.05, 3.63) is 279 Å². The summed E-state index contributed by atoms with van der Waals surface area (Å²) in [5.41, 5.74) is 12.8. The molecular weight excluding hydrogens is 909 g/mol. The topological polar surface area (TPSA) is 19.6 Å². The molecule has 0 aliphatic heterocycles. The fourth-order valence-corrected chi connectivity index (χ4v) is 11.7. The summed E-state index contributed by atoms with van der Waals surface area (Å²) in [7, 11) is 0. The van der Waals surface area contributed by atoms with E-state index in [1.54, 1.807) is 0 Å². The number of rotatable bonds is 8. The standard InChI is InChI=1S/C72H46N2O/c1-3-13-47(14-4-1)49-27-33-55(34-28-49)73(57-37-31-53-25-23-51-17-7-9-19-61(51)67(53)43-57)59-39-41-65-69(45-59)63-21-11-12-22-64(63)71-66-42-40-60(46-70(66)75-72(65)71)74(56-35-29-50(30-36-56)48-15-5-2-6-16-48)58-38-32-54-26-24-52-18-8-10-20-62(52)68(54)44-58/h1-46H. The van der Waals surface area contributed by atoms with Crippen LogP contribution in [0, 0.1) is 0 Å². The first kappa shape index (κ1) is 42.7. The van der Waals surface area contributed by atoms with Crippen molar-refractivity contribution in [2.24, 2.45) is 0 Å². The molecule has 0 amide bonds. The molecule has 0 unspecified atom stereocenters. The van der Waals surface area contributed by atoms with Crippen molar-refractivity contribution >= 4 is 121 Å². The van der Waals surface area contributed by atoms with Gasteiger partial charge in [0.25, 0.3) is 0 Å². The van der Waals surface area contributed by atoms with Gasteiger partial charge in [0.1, 0.15) is 11.2 Å². The molecule has 1 heterocycles. The maximum atomic E-state index is 7.21. The molecule has 0 saturated heterocycles. The van der Waals surface area contributed by atoms with Gasteiger partial charge in [0.05, 0.1) is 0 Å². The lowest BCUT2D eigenvalue weighted by Crippen LogP contribution is -2.10. The Bertz CT molecular complexity index is 4700. The van der Waals surface area contributed by atoms with E-state index in [0.29, 0.717) is 0 Å². The highest BCUT2D eigenvalue weighted by atomic mass is 16.3. The van der Waals surface area contributed by atoms with Crippen LogP contribution in [0.3, 0.4) is 0 Å². The Kier molecular flexibility index (Phi) is 9.89. The van der Waals surface area contributed by atoms with Crippen LogP contribution in [-0.2, 0) is 0 Å². The zero-order valence-corrected chi connectivity index (χ0v) is 40.9. The number of hydrogen-bond acceptors (Lipinski definition) is 3. The second-order valence-corrected chi connectivity index (χ2v) is 19.6. The average molecular weight is 955 g/mol. The van der Waals surface area contributed by atoms with Crippen LogP contribution < -0.4 is 9.80 Å². The van der Waals surface area contributed by atoms with E-state index in [4.69, 9.17) is 4.42 Å². The quantitative estimate of drug-likeness (QED) is 0.142. The minimum Gasteiger partial charge on any atom is -0.455 e. The van der Waals surface area contributed by atoms with Gasteiger partial charge in [-0.25, -0.2) is 0 Å². The highest BCUT2D eigenvalue weighted by Crippen LogP contribution is 2.47. The van der Waals surface area contributed by atoms with E-state index < -0.39 is 0 Å². The number of fused-ring (bicyclic) bond motifs is 14. The normalized spacial score (nSPS) is 11.7. The Hall–Kier alpha value is -9.96. The summed E-state index contributed by atoms with van der Waals surface area (Å²) >= 11 is 0. The van der Waals surface area contributed by atoms with Crippen molar-refractivity contribution in [2.45, 2.75) is 0 Å². The van der Waals surface area contributed by atoms with Gasteiger partial charge >= 0.3 is 0 Å². The van der Waals surface area contributed by atoms with E-state index >= 15 is 0 Å². The van der Waals surface area contributed by atoms with Crippen LogP contribution >= 0.6 is 0 Å². The first-order chi connectivity index (χ1) is 37.2. The molecule has 350 valence electrons. The van der Waals surface area contributed by atoms with Crippen LogP contribution in [0.25, 0.3) is 109 Å². The lowest BCUT2D eigenvalue weighted by Gasteiger charge is -2.27. The van der Waals surface area contributed by atoms with Crippen LogP contribution in [0.5, 0.6) is 0 Å². The van der Waals surface area contributed by atoms with E-state index in [1.807, 2.05) is 0 Å². The largest absolute Gasteiger partial charge is 0.455 e. The minimum atomic E-state index is 0.838. The van der Waals surface area contributed by atoms with Gasteiger partial charge in [0, 0.05) is 56.3 Å². The molecular formula is C72H46N2O. The Morgan fingerprint density at radius 2 is 0.573 bits per heavy atom. The molecule has 15 aromatic rings. The Balaban J connectivity index is 0.905. The molecule has 0 fully saturated rings. The van der Waals surface area contributed by atoms with Crippen molar-refractivity contribution in [1.29, 1.82) is 0 Å². The molecule has 75 heavy (non-hydrogen) atoms. The number of nitrogens with zero attached hydrogens (tertiary/aromatic N) is 2. The number of benzene rings is 14. The molecule has 14 aromatic carbocycles. The highest BCUT2D eigenvalue weighted by Gasteiger charge is 2.22. The highest BCUT2D eigenvalue weighted by molar-refractivity contribution is 6.30. The number of furan rings is 1. The molecule has 0 saturated carbocycles. The first-order valence-electron chi connectivity index (χ1n) is 25.7. The van der Waals surface area contributed by atoms with E-state index in [1.165, 1.54) is 70.7 Å². The number of hydrogen-bond donors (Lipinski definition) is 0. The third kappa shape index (κ3) is 7.20. The van der Waals surface area contributed by atoms with Gasteiger partial charge in [0.2, 0.25) is 0 Å². The predicted octanol–water partition coefficient (Wildman–Crippen LogP) is 20.8. The molecule has 0 aliphatic rings. The van der Waals surface area contributed by atoms with Gasteiger partial charge in [-0.15, -0.1) is 0 Å². The van der Waals surface area contributed by atoms with Crippen molar-refractivity contribution in [3.63, 3.8) is 0 Å². The monoisotopic (exact) mass is 954 g/mol. The molecule has 0 atom stereocenters. The summed E-state index contributed by atoms with van der Waals surface area (Å²) < 4.78 is 7.21. The first-order valence-corrected chi connectivity index (χ1v) is 25.7. The van der Waals surface area contributed by atoms with Crippen LogP contribution in [0.15, 0.2) is 283 Å². The lowest BCUT2D eigenvalue weighted by molar-refractivity contribution is 0.673. The molecule has 1 aromatic heterocycles. The number of anilines is 6. The maximum Gasteiger partial charge on any atom is 0.143 e. The zero-order valence-electron chi connectivity index (χ0n) is 40.9. The summed E-state index contributed by atoms with van der Waals surface area (Å²) in [6.07, 6.45) is 0. The molecule has 0 bridgehead atoms. The van der Waals surface area contributed by atoms with Gasteiger partial charge in [-0.2, -0.15) is 0 Å². The van der Waals surface area contributed by atoms with Crippen molar-refractivity contribution < 1.29 is 4.42 Å². The summed E-state index contributed by atoms with van der Waals surface area (Å²) in [4.78, 5) is 4.76. The van der Waals surface area contributed by atoms with Crippen molar-refractivity contribution in [3.8, 4) is 22.3 Å². The Morgan fingerprint density at radius 3 is 1.09 bits per heavy atom. The fourth-order valence-electron chi connectivity index (χ4n) is 11.7. The molecule has 3 nitrogen and oxygen atoms in total. The van der Waals surface area contributed by atoms with E-state index in [2.05, 4.69) is 289 Å². The second kappa shape index (κ2) is 17.4. The average Bonchev–Trinajstić information content (AvgIpc) is 3.88. The summed E-state index contributed by atoms with van der Waals surface area (Å²) in [6.45, 7) is 0. The summed E-state index contributed by atoms with van der Waals surface area (Å²) in [6, 6.07) is 101. The Labute approximate surface area is 434 Å². The van der Waals surface area contributed by atoms with Crippen LogP contribution in [-0.4, -0.2) is 0 Å². The SMILES string of the molecule is c1ccc(-c2ccc(N(c3ccc4c(c3)oc3c5ccc(N(c6ccc(-c7ccccc7)cc6)c6ccc7ccc8ccccc8c7c6)cc5c5ccccc5c43)c3ccc4ccc5ccccc5c4c3)cc2)cc1. The van der Waals surface area contributed by atoms with Crippen LogP contribution in [0.4, 0.5) is 34.1 Å². The van der Waals surface area contributed by atoms with Crippen molar-refractivity contribution in [2.75, 3.05) is 9.80 Å². The summed E-state index contributed by atoms with van der Waals surface area (Å²) in [5.74, 6) is 0. The van der Waals surface area contributed by atoms with Gasteiger partial charge < -0.3 is 14.2 Å². The molecule has 15 rings (SSSR count). The molecule has 0 aliphatic carbocycles. The van der Waals surface area contributed by atoms with E-state index in [-0.39, 0.29) is 0 Å². The molecule has 0 radical (unpaired) electrons. The van der Waals surface area contributed by atoms with Crippen LogP contribution in [0.2, 0.25) is 0 Å². The van der Waals surface area contributed by atoms with E-state index in [0.717, 1.165) is 72.2 Å².